The Morgan fingerprint density at radius 1 is 1.09 bits per heavy atom. The summed E-state index contributed by atoms with van der Waals surface area (Å²) in [5.41, 5.74) is 2.81. The number of aromatic nitrogens is 1. The Morgan fingerprint density at radius 3 is 2.74 bits per heavy atom. The van der Waals surface area contributed by atoms with E-state index in [0.717, 1.165) is 22.3 Å². The van der Waals surface area contributed by atoms with Crippen molar-refractivity contribution in [2.24, 2.45) is 0 Å². The second-order valence-electron chi connectivity index (χ2n) is 5.53. The van der Waals surface area contributed by atoms with Gasteiger partial charge < -0.3 is 20.9 Å². The molecule has 0 aliphatic carbocycles. The van der Waals surface area contributed by atoms with Gasteiger partial charge in [0, 0.05) is 35.7 Å². The van der Waals surface area contributed by atoms with Crippen LogP contribution in [0.1, 0.15) is 6.92 Å². The van der Waals surface area contributed by atoms with Gasteiger partial charge in [0.15, 0.2) is 0 Å². The number of carbonyl (C=O) groups excluding carboxylic acids is 1. The monoisotopic (exact) mass is 308 g/mol. The number of hydrogen-bond donors (Lipinski definition) is 4. The molecule has 0 saturated carbocycles. The van der Waals surface area contributed by atoms with Crippen molar-refractivity contribution in [2.45, 2.75) is 13.0 Å². The molecule has 118 valence electrons. The highest BCUT2D eigenvalue weighted by Crippen LogP contribution is 2.17. The molecule has 1 aromatic heterocycles. The first-order valence-electron chi connectivity index (χ1n) is 7.64. The Balaban J connectivity index is 1.50. The van der Waals surface area contributed by atoms with E-state index in [1.165, 1.54) is 0 Å². The maximum atomic E-state index is 12.0. The van der Waals surface area contributed by atoms with Gasteiger partial charge in [-0.15, -0.1) is 0 Å². The normalized spacial score (nSPS) is 11.9. The SMILES string of the molecule is CC(CNc1ccccc1)NC(=O)Nc1ccc2cc[nH]c2c1. The molecule has 3 rings (SSSR count). The van der Waals surface area contributed by atoms with Gasteiger partial charge in [-0.3, -0.25) is 0 Å². The second kappa shape index (κ2) is 6.87. The minimum atomic E-state index is -0.210. The van der Waals surface area contributed by atoms with Crippen molar-refractivity contribution in [1.29, 1.82) is 0 Å². The van der Waals surface area contributed by atoms with Crippen LogP contribution in [0.15, 0.2) is 60.8 Å². The molecule has 3 aromatic rings. The summed E-state index contributed by atoms with van der Waals surface area (Å²) in [6, 6.07) is 17.5. The summed E-state index contributed by atoms with van der Waals surface area (Å²) in [6.07, 6.45) is 1.88. The molecule has 0 fully saturated rings. The van der Waals surface area contributed by atoms with E-state index in [4.69, 9.17) is 0 Å². The van der Waals surface area contributed by atoms with Crippen LogP contribution in [-0.2, 0) is 0 Å². The molecule has 0 radical (unpaired) electrons. The zero-order valence-corrected chi connectivity index (χ0v) is 13.0. The predicted octanol–water partition coefficient (Wildman–Crippen LogP) is 3.79. The smallest absolute Gasteiger partial charge is 0.319 e. The third-order valence-electron chi connectivity index (χ3n) is 3.58. The van der Waals surface area contributed by atoms with Gasteiger partial charge in [0.05, 0.1) is 0 Å². The molecule has 5 heteroatoms. The second-order valence-corrected chi connectivity index (χ2v) is 5.53. The summed E-state index contributed by atoms with van der Waals surface area (Å²) >= 11 is 0. The highest BCUT2D eigenvalue weighted by molar-refractivity contribution is 5.92. The number of carbonyl (C=O) groups is 1. The number of rotatable bonds is 5. The van der Waals surface area contributed by atoms with Crippen molar-refractivity contribution < 1.29 is 4.79 Å². The van der Waals surface area contributed by atoms with E-state index < -0.39 is 0 Å². The van der Waals surface area contributed by atoms with Gasteiger partial charge in [0.1, 0.15) is 0 Å². The molecular weight excluding hydrogens is 288 g/mol. The zero-order chi connectivity index (χ0) is 16.1. The van der Waals surface area contributed by atoms with Gasteiger partial charge in [-0.05, 0) is 42.6 Å². The van der Waals surface area contributed by atoms with Crippen LogP contribution in [0, 0.1) is 0 Å². The van der Waals surface area contributed by atoms with Crippen molar-refractivity contribution >= 4 is 28.3 Å². The first kappa shape index (κ1) is 15.0. The lowest BCUT2D eigenvalue weighted by Gasteiger charge is -2.16. The van der Waals surface area contributed by atoms with Crippen LogP contribution in [0.3, 0.4) is 0 Å². The Hall–Kier alpha value is -2.95. The van der Waals surface area contributed by atoms with Gasteiger partial charge in [-0.25, -0.2) is 4.79 Å². The quantitative estimate of drug-likeness (QED) is 0.579. The Bertz CT molecular complexity index is 782. The minimum Gasteiger partial charge on any atom is -0.383 e. The Labute approximate surface area is 135 Å². The number of hydrogen-bond acceptors (Lipinski definition) is 2. The third-order valence-corrected chi connectivity index (χ3v) is 3.58. The molecule has 1 unspecified atom stereocenters. The lowest BCUT2D eigenvalue weighted by Crippen LogP contribution is -2.40. The fourth-order valence-electron chi connectivity index (χ4n) is 2.39. The van der Waals surface area contributed by atoms with Crippen molar-refractivity contribution in [2.75, 3.05) is 17.2 Å². The molecule has 1 atom stereocenters. The van der Waals surface area contributed by atoms with E-state index >= 15 is 0 Å². The van der Waals surface area contributed by atoms with Crippen LogP contribution in [0.4, 0.5) is 16.2 Å². The van der Waals surface area contributed by atoms with Gasteiger partial charge >= 0.3 is 6.03 Å². The molecule has 2 amide bonds. The summed E-state index contributed by atoms with van der Waals surface area (Å²) in [4.78, 5) is 15.2. The fraction of sp³-hybridized carbons (Fsp3) is 0.167. The number of fused-ring (bicyclic) bond motifs is 1. The average molecular weight is 308 g/mol. The van der Waals surface area contributed by atoms with Gasteiger partial charge in [-0.1, -0.05) is 24.3 Å². The number of aromatic amines is 1. The van der Waals surface area contributed by atoms with Crippen molar-refractivity contribution in [1.82, 2.24) is 10.3 Å². The van der Waals surface area contributed by atoms with Crippen LogP contribution in [0.2, 0.25) is 0 Å². The lowest BCUT2D eigenvalue weighted by atomic mass is 10.2. The van der Waals surface area contributed by atoms with Gasteiger partial charge in [0.25, 0.3) is 0 Å². The molecule has 0 saturated heterocycles. The summed E-state index contributed by atoms with van der Waals surface area (Å²) in [5.74, 6) is 0. The maximum absolute atomic E-state index is 12.0. The number of benzene rings is 2. The van der Waals surface area contributed by atoms with Crippen LogP contribution < -0.4 is 16.0 Å². The van der Waals surface area contributed by atoms with Crippen molar-refractivity contribution in [3.05, 3.63) is 60.8 Å². The zero-order valence-electron chi connectivity index (χ0n) is 13.0. The number of urea groups is 1. The van der Waals surface area contributed by atoms with E-state index in [2.05, 4.69) is 20.9 Å². The molecule has 0 aliphatic rings. The number of para-hydroxylation sites is 1. The van der Waals surface area contributed by atoms with E-state index in [0.29, 0.717) is 6.54 Å². The molecule has 0 bridgehead atoms. The van der Waals surface area contributed by atoms with Crippen LogP contribution >= 0.6 is 0 Å². The number of H-pyrrole nitrogens is 1. The first-order chi connectivity index (χ1) is 11.2. The van der Waals surface area contributed by atoms with Crippen LogP contribution in [0.25, 0.3) is 10.9 Å². The summed E-state index contributed by atoms with van der Waals surface area (Å²) in [7, 11) is 0. The molecule has 23 heavy (non-hydrogen) atoms. The summed E-state index contributed by atoms with van der Waals surface area (Å²) < 4.78 is 0. The van der Waals surface area contributed by atoms with E-state index in [1.807, 2.05) is 67.7 Å². The molecule has 4 N–H and O–H groups in total. The maximum Gasteiger partial charge on any atom is 0.319 e. The molecule has 0 spiro atoms. The molecule has 5 nitrogen and oxygen atoms in total. The topological polar surface area (TPSA) is 68.9 Å². The van der Waals surface area contributed by atoms with Gasteiger partial charge in [-0.2, -0.15) is 0 Å². The molecule has 0 aliphatic heterocycles. The standard InChI is InChI=1S/C18H20N4O/c1-13(12-20-15-5-3-2-4-6-15)21-18(23)22-16-8-7-14-9-10-19-17(14)11-16/h2-11,13,19-20H,12H2,1H3,(H2,21,22,23). The van der Waals surface area contributed by atoms with E-state index in [9.17, 15) is 4.79 Å². The highest BCUT2D eigenvalue weighted by Gasteiger charge is 2.07. The first-order valence-corrected chi connectivity index (χ1v) is 7.64. The molecule has 1 heterocycles. The molecular formula is C18H20N4O. The van der Waals surface area contributed by atoms with Crippen molar-refractivity contribution in [3.63, 3.8) is 0 Å². The van der Waals surface area contributed by atoms with Crippen LogP contribution in [-0.4, -0.2) is 23.6 Å². The largest absolute Gasteiger partial charge is 0.383 e. The Morgan fingerprint density at radius 2 is 1.91 bits per heavy atom. The number of anilines is 2. The summed E-state index contributed by atoms with van der Waals surface area (Å²) in [5, 5.41) is 10.2. The third kappa shape index (κ3) is 4.03. The summed E-state index contributed by atoms with van der Waals surface area (Å²) in [6.45, 7) is 2.62. The number of amides is 2. The minimum absolute atomic E-state index is 0.00410. The predicted molar refractivity (Wildman–Crippen MR) is 94.8 cm³/mol. The molecule has 2 aromatic carbocycles. The van der Waals surface area contributed by atoms with E-state index in [1.54, 1.807) is 0 Å². The van der Waals surface area contributed by atoms with Gasteiger partial charge in [0.2, 0.25) is 0 Å². The van der Waals surface area contributed by atoms with Crippen molar-refractivity contribution in [3.8, 4) is 0 Å². The average Bonchev–Trinajstić information content (AvgIpc) is 3.01. The van der Waals surface area contributed by atoms with Crippen LogP contribution in [0.5, 0.6) is 0 Å². The lowest BCUT2D eigenvalue weighted by molar-refractivity contribution is 0.249. The van der Waals surface area contributed by atoms with E-state index in [-0.39, 0.29) is 12.1 Å². The number of nitrogens with one attached hydrogen (secondary N) is 4. The Kier molecular flexibility index (Phi) is 4.47. The highest BCUT2D eigenvalue weighted by atomic mass is 16.2. The fourth-order valence-corrected chi connectivity index (χ4v) is 2.39.